The van der Waals surface area contributed by atoms with Gasteiger partial charge in [0.25, 0.3) is 0 Å². The summed E-state index contributed by atoms with van der Waals surface area (Å²) in [6, 6.07) is 5.93. The molecule has 1 heterocycles. The van der Waals surface area contributed by atoms with Crippen molar-refractivity contribution in [2.45, 2.75) is 45.4 Å². The molecule has 0 saturated carbocycles. The van der Waals surface area contributed by atoms with E-state index in [1.165, 1.54) is 25.7 Å². The summed E-state index contributed by atoms with van der Waals surface area (Å²) in [6.07, 6.45) is 4.84. The largest absolute Gasteiger partial charge is 0.384 e. The number of rotatable bonds is 5. The maximum absolute atomic E-state index is 5.68. The molecule has 0 saturated heterocycles. The molecule has 0 spiro atoms. The molecule has 1 aromatic rings. The van der Waals surface area contributed by atoms with Gasteiger partial charge in [0, 0.05) is 11.6 Å². The number of anilines is 1. The Morgan fingerprint density at radius 3 is 2.36 bits per heavy atom. The van der Waals surface area contributed by atoms with Gasteiger partial charge in [-0.15, -0.1) is 0 Å². The zero-order valence-corrected chi connectivity index (χ0v) is 9.16. The van der Waals surface area contributed by atoms with Crippen LogP contribution in [0.1, 0.15) is 51.1 Å². The number of pyridine rings is 1. The minimum absolute atomic E-state index is 0.591. The molecule has 0 radical (unpaired) electrons. The average molecular weight is 192 g/mol. The van der Waals surface area contributed by atoms with E-state index < -0.39 is 0 Å². The second-order valence-corrected chi connectivity index (χ2v) is 3.76. The number of nitrogen functional groups attached to an aromatic ring is 1. The third-order valence-electron chi connectivity index (χ3n) is 2.48. The van der Waals surface area contributed by atoms with Crippen LogP contribution in [0.5, 0.6) is 0 Å². The maximum atomic E-state index is 5.68. The van der Waals surface area contributed by atoms with Crippen molar-refractivity contribution in [3.8, 4) is 0 Å². The van der Waals surface area contributed by atoms with Crippen molar-refractivity contribution < 1.29 is 0 Å². The lowest BCUT2D eigenvalue weighted by Gasteiger charge is -2.14. The Bertz CT molecular complexity index is 265. The van der Waals surface area contributed by atoms with Crippen LogP contribution in [-0.2, 0) is 0 Å². The summed E-state index contributed by atoms with van der Waals surface area (Å²) in [7, 11) is 0. The molecule has 0 atom stereocenters. The second kappa shape index (κ2) is 5.63. The van der Waals surface area contributed by atoms with Crippen LogP contribution in [0.3, 0.4) is 0 Å². The van der Waals surface area contributed by atoms with E-state index in [-0.39, 0.29) is 0 Å². The molecule has 2 heteroatoms. The Morgan fingerprint density at radius 2 is 1.86 bits per heavy atom. The first-order valence-electron chi connectivity index (χ1n) is 5.50. The van der Waals surface area contributed by atoms with Crippen LogP contribution in [0.2, 0.25) is 0 Å². The fraction of sp³-hybridized carbons (Fsp3) is 0.583. The molecular weight excluding hydrogens is 172 g/mol. The Labute approximate surface area is 86.5 Å². The zero-order valence-electron chi connectivity index (χ0n) is 9.16. The van der Waals surface area contributed by atoms with Crippen molar-refractivity contribution in [3.05, 3.63) is 23.9 Å². The molecule has 0 aliphatic heterocycles. The first kappa shape index (κ1) is 11.0. The molecule has 0 aliphatic carbocycles. The van der Waals surface area contributed by atoms with Gasteiger partial charge in [0.05, 0.1) is 0 Å². The molecule has 14 heavy (non-hydrogen) atoms. The Morgan fingerprint density at radius 1 is 1.21 bits per heavy atom. The fourth-order valence-corrected chi connectivity index (χ4v) is 1.83. The highest BCUT2D eigenvalue weighted by Crippen LogP contribution is 2.24. The minimum Gasteiger partial charge on any atom is -0.384 e. The quantitative estimate of drug-likeness (QED) is 0.777. The van der Waals surface area contributed by atoms with Crippen LogP contribution in [0.25, 0.3) is 0 Å². The van der Waals surface area contributed by atoms with Crippen LogP contribution in [0, 0.1) is 0 Å². The number of hydrogen-bond donors (Lipinski definition) is 1. The van der Waals surface area contributed by atoms with Gasteiger partial charge in [0.2, 0.25) is 0 Å². The Kier molecular flexibility index (Phi) is 4.44. The second-order valence-electron chi connectivity index (χ2n) is 3.76. The number of nitrogens with zero attached hydrogens (tertiary/aromatic N) is 1. The third kappa shape index (κ3) is 3.02. The summed E-state index contributed by atoms with van der Waals surface area (Å²) in [5.74, 6) is 1.23. The van der Waals surface area contributed by atoms with E-state index in [9.17, 15) is 0 Å². The lowest BCUT2D eigenvalue weighted by Crippen LogP contribution is -2.03. The summed E-state index contributed by atoms with van der Waals surface area (Å²) in [6.45, 7) is 4.43. The van der Waals surface area contributed by atoms with Gasteiger partial charge in [-0.25, -0.2) is 4.98 Å². The van der Waals surface area contributed by atoms with Gasteiger partial charge in [-0.1, -0.05) is 32.8 Å². The lowest BCUT2D eigenvalue weighted by atomic mass is 9.94. The van der Waals surface area contributed by atoms with Crippen LogP contribution in [-0.4, -0.2) is 4.98 Å². The topological polar surface area (TPSA) is 38.9 Å². The van der Waals surface area contributed by atoms with E-state index in [1.54, 1.807) is 0 Å². The first-order valence-corrected chi connectivity index (χ1v) is 5.50. The standard InChI is InChI=1S/C12H20N2/c1-3-6-10(7-4-2)11-8-5-9-12(13)14-11/h5,8-10H,3-4,6-7H2,1-2H3,(H2,13,14). The molecule has 2 N–H and O–H groups in total. The molecular formula is C12H20N2. The van der Waals surface area contributed by atoms with Crippen LogP contribution < -0.4 is 5.73 Å². The van der Waals surface area contributed by atoms with E-state index >= 15 is 0 Å². The monoisotopic (exact) mass is 192 g/mol. The predicted octanol–water partition coefficient (Wildman–Crippen LogP) is 3.35. The highest BCUT2D eigenvalue weighted by Gasteiger charge is 2.10. The molecule has 78 valence electrons. The molecule has 0 bridgehead atoms. The maximum Gasteiger partial charge on any atom is 0.123 e. The van der Waals surface area contributed by atoms with Crippen LogP contribution in [0.4, 0.5) is 5.82 Å². The van der Waals surface area contributed by atoms with Gasteiger partial charge < -0.3 is 5.73 Å². The van der Waals surface area contributed by atoms with Crippen molar-refractivity contribution in [3.63, 3.8) is 0 Å². The fourth-order valence-electron chi connectivity index (χ4n) is 1.83. The van der Waals surface area contributed by atoms with Crippen molar-refractivity contribution in [1.82, 2.24) is 4.98 Å². The minimum atomic E-state index is 0.591. The highest BCUT2D eigenvalue weighted by molar-refractivity contribution is 5.29. The number of hydrogen-bond acceptors (Lipinski definition) is 2. The molecule has 1 aromatic heterocycles. The van der Waals surface area contributed by atoms with E-state index in [0.717, 1.165) is 5.69 Å². The van der Waals surface area contributed by atoms with Crippen LogP contribution >= 0.6 is 0 Å². The number of nitrogens with two attached hydrogens (primary N) is 1. The van der Waals surface area contributed by atoms with Crippen molar-refractivity contribution in [1.29, 1.82) is 0 Å². The summed E-state index contributed by atoms with van der Waals surface area (Å²) in [5, 5.41) is 0. The normalized spacial score (nSPS) is 10.8. The van der Waals surface area contributed by atoms with Crippen LogP contribution in [0.15, 0.2) is 18.2 Å². The summed E-state index contributed by atoms with van der Waals surface area (Å²) in [5.41, 5.74) is 6.84. The van der Waals surface area contributed by atoms with Gasteiger partial charge in [0.15, 0.2) is 0 Å². The predicted molar refractivity (Wildman–Crippen MR) is 61.2 cm³/mol. The lowest BCUT2D eigenvalue weighted by molar-refractivity contribution is 0.549. The third-order valence-corrected chi connectivity index (χ3v) is 2.48. The van der Waals surface area contributed by atoms with Crippen molar-refractivity contribution in [2.24, 2.45) is 0 Å². The van der Waals surface area contributed by atoms with E-state index in [0.29, 0.717) is 11.7 Å². The zero-order chi connectivity index (χ0) is 10.4. The molecule has 1 rings (SSSR count). The highest BCUT2D eigenvalue weighted by atomic mass is 14.8. The summed E-state index contributed by atoms with van der Waals surface area (Å²) in [4.78, 5) is 4.39. The summed E-state index contributed by atoms with van der Waals surface area (Å²) < 4.78 is 0. The van der Waals surface area contributed by atoms with Gasteiger partial charge >= 0.3 is 0 Å². The van der Waals surface area contributed by atoms with Crippen molar-refractivity contribution >= 4 is 5.82 Å². The van der Waals surface area contributed by atoms with E-state index in [2.05, 4.69) is 24.9 Å². The van der Waals surface area contributed by atoms with E-state index in [4.69, 9.17) is 5.73 Å². The summed E-state index contributed by atoms with van der Waals surface area (Å²) >= 11 is 0. The Balaban J connectivity index is 2.75. The number of aromatic nitrogens is 1. The molecule has 0 fully saturated rings. The Hall–Kier alpha value is -1.05. The molecule has 2 nitrogen and oxygen atoms in total. The molecule has 0 aromatic carbocycles. The molecule has 0 amide bonds. The molecule has 0 unspecified atom stereocenters. The van der Waals surface area contributed by atoms with E-state index in [1.807, 2.05) is 12.1 Å². The van der Waals surface area contributed by atoms with Gasteiger partial charge in [-0.2, -0.15) is 0 Å². The van der Waals surface area contributed by atoms with Gasteiger partial charge in [0.1, 0.15) is 5.82 Å². The molecule has 0 aliphatic rings. The van der Waals surface area contributed by atoms with Crippen molar-refractivity contribution in [2.75, 3.05) is 5.73 Å². The smallest absolute Gasteiger partial charge is 0.123 e. The average Bonchev–Trinajstić information content (AvgIpc) is 2.17. The van der Waals surface area contributed by atoms with Gasteiger partial charge in [-0.3, -0.25) is 0 Å². The SMILES string of the molecule is CCCC(CCC)c1cccc(N)n1. The first-order chi connectivity index (χ1) is 6.77. The van der Waals surface area contributed by atoms with Gasteiger partial charge in [-0.05, 0) is 25.0 Å².